The monoisotopic (exact) mass is 137 g/mol. The fourth-order valence-corrected chi connectivity index (χ4v) is 0.683. The van der Waals surface area contributed by atoms with E-state index in [2.05, 4.69) is 0 Å². The van der Waals surface area contributed by atoms with E-state index >= 15 is 0 Å². The van der Waals surface area contributed by atoms with Gasteiger partial charge in [0.1, 0.15) is 0 Å². The summed E-state index contributed by atoms with van der Waals surface area (Å²) >= 11 is 0. The van der Waals surface area contributed by atoms with Crippen LogP contribution in [0.3, 0.4) is 0 Å². The van der Waals surface area contributed by atoms with Crippen molar-refractivity contribution in [1.29, 1.82) is 0 Å². The van der Waals surface area contributed by atoms with Gasteiger partial charge in [0.15, 0.2) is 18.6 Å². The van der Waals surface area contributed by atoms with Gasteiger partial charge in [0.25, 0.3) is 0 Å². The van der Waals surface area contributed by atoms with Gasteiger partial charge in [-0.2, -0.15) is 4.57 Å². The number of pyridine rings is 1. The van der Waals surface area contributed by atoms with Crippen LogP contribution in [0.4, 0.5) is 0 Å². The van der Waals surface area contributed by atoms with Crippen LogP contribution in [0.5, 0.6) is 0 Å². The fraction of sp³-hybridized carbons (Fsp3) is 0.125. The third-order valence-electron chi connectivity index (χ3n) is 1.06. The first-order valence-corrected chi connectivity index (χ1v) is 3.02. The molecule has 0 fully saturated rings. The van der Waals surface area contributed by atoms with E-state index in [0.29, 0.717) is 0 Å². The van der Waals surface area contributed by atoms with Crippen molar-refractivity contribution in [1.82, 2.24) is 0 Å². The van der Waals surface area contributed by atoms with E-state index in [9.17, 15) is 0 Å². The Labute approximate surface area is 60.7 Å². The van der Waals surface area contributed by atoms with Crippen molar-refractivity contribution in [2.24, 2.45) is 0 Å². The lowest BCUT2D eigenvalue weighted by Crippen LogP contribution is -2.23. The van der Waals surface area contributed by atoms with Crippen molar-refractivity contribution in [2.75, 3.05) is 0 Å². The summed E-state index contributed by atoms with van der Waals surface area (Å²) in [6.45, 7) is 2.00. The lowest BCUT2D eigenvalue weighted by Gasteiger charge is -1.80. The molecule has 0 aliphatic carbocycles. The molecule has 0 saturated heterocycles. The Morgan fingerprint density at radius 1 is 1.10 bits per heavy atom. The van der Waals surface area contributed by atoms with Crippen LogP contribution in [-0.4, -0.2) is 5.48 Å². The quantitative estimate of drug-likeness (QED) is 0.537. The zero-order valence-corrected chi connectivity index (χ0v) is 5.94. The van der Waals surface area contributed by atoms with Crippen LogP contribution < -0.4 is 4.57 Å². The first-order chi connectivity index (χ1) is 4.43. The molecule has 1 rings (SSSR count). The summed E-state index contributed by atoms with van der Waals surface area (Å²) in [5.41, 5.74) is 0. The van der Waals surface area contributed by atoms with Crippen LogP contribution in [0.1, 0.15) is 6.92 Å². The van der Waals surface area contributed by atoms with Gasteiger partial charge in [0, 0.05) is 12.1 Å². The molecule has 0 unspecified atom stereocenters. The summed E-state index contributed by atoms with van der Waals surface area (Å²) in [5.74, 6) is 0. The largest absolute Gasteiger partial charge is 0.870 e. The van der Waals surface area contributed by atoms with Crippen molar-refractivity contribution in [3.05, 3.63) is 36.7 Å². The molecule has 0 aliphatic heterocycles. The third kappa shape index (κ3) is 2.42. The topological polar surface area (TPSA) is 33.9 Å². The molecule has 0 aliphatic rings. The first-order valence-electron chi connectivity index (χ1n) is 3.02. The number of hydrogen-bond donors (Lipinski definition) is 0. The minimum atomic E-state index is 0. The first kappa shape index (κ1) is 8.85. The van der Waals surface area contributed by atoms with Gasteiger partial charge in [0.05, 0.1) is 0 Å². The Hall–Kier alpha value is -1.15. The Bertz CT molecular complexity index is 194. The third-order valence-corrected chi connectivity index (χ3v) is 1.06. The minimum absolute atomic E-state index is 0. The Morgan fingerprint density at radius 2 is 1.70 bits per heavy atom. The van der Waals surface area contributed by atoms with E-state index in [1.165, 1.54) is 0 Å². The Morgan fingerprint density at radius 3 is 2.20 bits per heavy atom. The van der Waals surface area contributed by atoms with E-state index in [4.69, 9.17) is 0 Å². The van der Waals surface area contributed by atoms with Crippen LogP contribution in [0.15, 0.2) is 36.7 Å². The molecule has 1 heterocycles. The molecule has 0 amide bonds. The maximum atomic E-state index is 2.00. The Kier molecular flexibility index (Phi) is 4.16. The lowest BCUT2D eigenvalue weighted by atomic mass is 10.5. The second-order valence-corrected chi connectivity index (χ2v) is 1.81. The minimum Gasteiger partial charge on any atom is -0.870 e. The molecular weight excluding hydrogens is 126 g/mol. The molecule has 0 bridgehead atoms. The molecule has 0 aromatic carbocycles. The van der Waals surface area contributed by atoms with E-state index in [0.717, 1.165) is 0 Å². The Balaban J connectivity index is 0.000000810. The van der Waals surface area contributed by atoms with Crippen molar-refractivity contribution < 1.29 is 10.0 Å². The predicted molar refractivity (Wildman–Crippen MR) is 39.6 cm³/mol. The zero-order valence-electron chi connectivity index (χ0n) is 5.94. The lowest BCUT2D eigenvalue weighted by molar-refractivity contribution is -0.568. The molecular formula is C8H11NO. The fourth-order valence-electron chi connectivity index (χ4n) is 0.683. The molecule has 0 radical (unpaired) electrons. The summed E-state index contributed by atoms with van der Waals surface area (Å²) in [6.07, 6.45) is 8.00. The van der Waals surface area contributed by atoms with E-state index in [-0.39, 0.29) is 5.48 Å². The van der Waals surface area contributed by atoms with Crippen LogP contribution in [0.25, 0.3) is 6.20 Å². The summed E-state index contributed by atoms with van der Waals surface area (Å²) < 4.78 is 2.00. The van der Waals surface area contributed by atoms with Crippen molar-refractivity contribution in [3.63, 3.8) is 0 Å². The molecule has 54 valence electrons. The summed E-state index contributed by atoms with van der Waals surface area (Å²) in [6, 6.07) is 6.00. The van der Waals surface area contributed by atoms with Gasteiger partial charge in [-0.3, -0.25) is 0 Å². The van der Waals surface area contributed by atoms with Gasteiger partial charge in [-0.15, -0.1) is 0 Å². The molecule has 2 nitrogen and oxygen atoms in total. The molecule has 2 heteroatoms. The standard InChI is InChI=1S/C8H10N.H2O/c1-2-6-9-7-4-3-5-8-9;/h2-8H,1H3;1H2/q+1;/p-1. The summed E-state index contributed by atoms with van der Waals surface area (Å²) in [5, 5.41) is 0. The molecule has 1 N–H and O–H groups in total. The van der Waals surface area contributed by atoms with Gasteiger partial charge >= 0.3 is 0 Å². The van der Waals surface area contributed by atoms with Crippen LogP contribution in [0.2, 0.25) is 0 Å². The molecule has 0 saturated carbocycles. The average Bonchev–Trinajstić information content (AvgIpc) is 1.91. The van der Waals surface area contributed by atoms with Crippen LogP contribution in [-0.2, 0) is 0 Å². The second-order valence-electron chi connectivity index (χ2n) is 1.81. The second kappa shape index (κ2) is 4.70. The van der Waals surface area contributed by atoms with Crippen LogP contribution in [0, 0.1) is 0 Å². The highest BCUT2D eigenvalue weighted by molar-refractivity contribution is 5.03. The van der Waals surface area contributed by atoms with Crippen molar-refractivity contribution in [2.45, 2.75) is 6.92 Å². The molecule has 1 aromatic rings. The number of allylic oxidation sites excluding steroid dienone is 1. The highest BCUT2D eigenvalue weighted by Gasteiger charge is 1.84. The number of rotatable bonds is 1. The number of hydrogen-bond acceptors (Lipinski definition) is 1. The zero-order chi connectivity index (χ0) is 6.53. The predicted octanol–water partition coefficient (Wildman–Crippen LogP) is 1.29. The normalized spacial score (nSPS) is 9.30. The maximum Gasteiger partial charge on any atom is 0.174 e. The average molecular weight is 137 g/mol. The molecule has 0 atom stereocenters. The van der Waals surface area contributed by atoms with E-state index in [1.54, 1.807) is 0 Å². The van der Waals surface area contributed by atoms with Gasteiger partial charge in [-0.05, 0) is 13.0 Å². The molecule has 0 spiro atoms. The van der Waals surface area contributed by atoms with E-state index in [1.807, 2.05) is 54.4 Å². The van der Waals surface area contributed by atoms with Gasteiger partial charge in [0.2, 0.25) is 0 Å². The summed E-state index contributed by atoms with van der Waals surface area (Å²) in [4.78, 5) is 0. The van der Waals surface area contributed by atoms with Gasteiger partial charge in [-0.1, -0.05) is 6.07 Å². The van der Waals surface area contributed by atoms with E-state index < -0.39 is 0 Å². The maximum absolute atomic E-state index is 2.00. The van der Waals surface area contributed by atoms with Crippen molar-refractivity contribution in [3.8, 4) is 0 Å². The smallest absolute Gasteiger partial charge is 0.174 e. The number of nitrogens with zero attached hydrogens (tertiary/aromatic N) is 1. The van der Waals surface area contributed by atoms with Gasteiger partial charge in [-0.25, -0.2) is 0 Å². The summed E-state index contributed by atoms with van der Waals surface area (Å²) in [7, 11) is 0. The van der Waals surface area contributed by atoms with Crippen LogP contribution >= 0.6 is 0 Å². The highest BCUT2D eigenvalue weighted by Crippen LogP contribution is 1.76. The highest BCUT2D eigenvalue weighted by atomic mass is 16.0. The number of aromatic nitrogens is 1. The molecule has 10 heavy (non-hydrogen) atoms. The molecule has 1 aromatic heterocycles. The SMILES string of the molecule is CC=C[n+]1ccccc1.[OH-]. The van der Waals surface area contributed by atoms with Crippen molar-refractivity contribution >= 4 is 6.20 Å². The van der Waals surface area contributed by atoms with Gasteiger partial charge < -0.3 is 5.48 Å².